The Morgan fingerprint density at radius 2 is 1.72 bits per heavy atom. The number of benzene rings is 2. The Labute approximate surface area is 170 Å². The van der Waals surface area contributed by atoms with Crippen molar-refractivity contribution in [2.45, 2.75) is 33.4 Å². The third-order valence-corrected chi connectivity index (χ3v) is 4.30. The first-order chi connectivity index (χ1) is 13.8. The third kappa shape index (κ3) is 6.64. The second-order valence-corrected chi connectivity index (χ2v) is 7.02. The molecule has 3 amide bonds. The third-order valence-electron chi connectivity index (χ3n) is 4.30. The number of anilines is 1. The topological polar surface area (TPSA) is 96.5 Å². The first-order valence-electron chi connectivity index (χ1n) is 9.39. The Bertz CT molecular complexity index is 863. The molecule has 0 aromatic heterocycles. The van der Waals surface area contributed by atoms with Gasteiger partial charge in [-0.2, -0.15) is 0 Å². The van der Waals surface area contributed by atoms with Crippen molar-refractivity contribution < 1.29 is 19.1 Å². The number of amides is 3. The van der Waals surface area contributed by atoms with Crippen molar-refractivity contribution in [1.82, 2.24) is 10.6 Å². The van der Waals surface area contributed by atoms with Gasteiger partial charge in [-0.05, 0) is 47.9 Å². The molecule has 29 heavy (non-hydrogen) atoms. The van der Waals surface area contributed by atoms with Crippen molar-refractivity contribution in [3.05, 3.63) is 59.7 Å². The van der Waals surface area contributed by atoms with E-state index < -0.39 is 6.04 Å². The summed E-state index contributed by atoms with van der Waals surface area (Å²) in [4.78, 5) is 36.4. The van der Waals surface area contributed by atoms with Gasteiger partial charge in [0.2, 0.25) is 11.8 Å². The van der Waals surface area contributed by atoms with Gasteiger partial charge >= 0.3 is 0 Å². The minimum Gasteiger partial charge on any atom is -0.497 e. The summed E-state index contributed by atoms with van der Waals surface area (Å²) in [5.41, 5.74) is 1.96. The summed E-state index contributed by atoms with van der Waals surface area (Å²) in [7, 11) is 1.56. The highest BCUT2D eigenvalue weighted by Gasteiger charge is 2.24. The van der Waals surface area contributed by atoms with Crippen LogP contribution in [0.1, 0.15) is 36.7 Å². The fourth-order valence-corrected chi connectivity index (χ4v) is 2.76. The molecule has 0 saturated carbocycles. The van der Waals surface area contributed by atoms with Crippen LogP contribution in [0.2, 0.25) is 0 Å². The largest absolute Gasteiger partial charge is 0.497 e. The minimum atomic E-state index is -0.678. The van der Waals surface area contributed by atoms with E-state index in [-0.39, 0.29) is 30.2 Å². The number of ether oxygens (including phenoxy) is 1. The lowest BCUT2D eigenvalue weighted by Crippen LogP contribution is -2.49. The van der Waals surface area contributed by atoms with Crippen LogP contribution in [0.25, 0.3) is 0 Å². The van der Waals surface area contributed by atoms with Crippen LogP contribution in [0.3, 0.4) is 0 Å². The van der Waals surface area contributed by atoms with Crippen LogP contribution in [0, 0.1) is 5.92 Å². The van der Waals surface area contributed by atoms with E-state index in [2.05, 4.69) is 16.0 Å². The second kappa shape index (κ2) is 10.3. The van der Waals surface area contributed by atoms with Gasteiger partial charge in [0.25, 0.3) is 5.91 Å². The van der Waals surface area contributed by atoms with Crippen LogP contribution >= 0.6 is 0 Å². The van der Waals surface area contributed by atoms with Gasteiger partial charge < -0.3 is 20.7 Å². The summed E-state index contributed by atoms with van der Waals surface area (Å²) in [6, 6.07) is 13.2. The zero-order chi connectivity index (χ0) is 21.4. The lowest BCUT2D eigenvalue weighted by atomic mass is 10.0. The molecule has 0 heterocycles. The van der Waals surface area contributed by atoms with Crippen molar-refractivity contribution >= 4 is 23.4 Å². The number of hydrogen-bond donors (Lipinski definition) is 3. The molecular weight excluding hydrogens is 370 g/mol. The number of hydrogen-bond acceptors (Lipinski definition) is 4. The van der Waals surface area contributed by atoms with E-state index in [0.717, 1.165) is 5.56 Å². The van der Waals surface area contributed by atoms with E-state index in [1.54, 1.807) is 49.6 Å². The fourth-order valence-electron chi connectivity index (χ4n) is 2.76. The van der Waals surface area contributed by atoms with Crippen molar-refractivity contribution in [1.29, 1.82) is 0 Å². The van der Waals surface area contributed by atoms with E-state index in [1.165, 1.54) is 6.92 Å². The summed E-state index contributed by atoms with van der Waals surface area (Å²) in [6.07, 6.45) is 0. The second-order valence-electron chi connectivity index (χ2n) is 7.02. The first-order valence-corrected chi connectivity index (χ1v) is 9.39. The number of carbonyl (C=O) groups is 3. The number of methoxy groups -OCH3 is 1. The van der Waals surface area contributed by atoms with E-state index >= 15 is 0 Å². The molecule has 0 spiro atoms. The molecule has 2 rings (SSSR count). The Morgan fingerprint density at radius 3 is 2.31 bits per heavy atom. The molecule has 7 heteroatoms. The van der Waals surface area contributed by atoms with Crippen LogP contribution in [-0.2, 0) is 16.1 Å². The first kappa shape index (κ1) is 21.9. The van der Waals surface area contributed by atoms with Crippen LogP contribution in [0.5, 0.6) is 5.75 Å². The molecule has 0 fully saturated rings. The summed E-state index contributed by atoms with van der Waals surface area (Å²) < 4.78 is 5.09. The monoisotopic (exact) mass is 397 g/mol. The predicted octanol–water partition coefficient (Wildman–Crippen LogP) is 2.72. The van der Waals surface area contributed by atoms with Crippen LogP contribution in [-0.4, -0.2) is 30.9 Å². The van der Waals surface area contributed by atoms with Gasteiger partial charge in [-0.3, -0.25) is 14.4 Å². The molecule has 154 valence electrons. The summed E-state index contributed by atoms with van der Waals surface area (Å²) in [5, 5.41) is 8.35. The Morgan fingerprint density at radius 1 is 1.03 bits per heavy atom. The maximum absolute atomic E-state index is 12.7. The highest BCUT2D eigenvalue weighted by atomic mass is 16.5. The predicted molar refractivity (Wildman–Crippen MR) is 112 cm³/mol. The average molecular weight is 397 g/mol. The Hall–Kier alpha value is -3.35. The van der Waals surface area contributed by atoms with E-state index in [1.807, 2.05) is 19.9 Å². The zero-order valence-electron chi connectivity index (χ0n) is 17.1. The van der Waals surface area contributed by atoms with Crippen LogP contribution < -0.4 is 20.7 Å². The van der Waals surface area contributed by atoms with E-state index in [0.29, 0.717) is 17.0 Å². The van der Waals surface area contributed by atoms with Crippen LogP contribution in [0.15, 0.2) is 48.5 Å². The molecule has 0 aliphatic heterocycles. The molecule has 7 nitrogen and oxygen atoms in total. The maximum Gasteiger partial charge on any atom is 0.251 e. The van der Waals surface area contributed by atoms with Crippen molar-refractivity contribution in [3.8, 4) is 5.75 Å². The minimum absolute atomic E-state index is 0.0945. The molecule has 2 aromatic carbocycles. The van der Waals surface area contributed by atoms with Gasteiger partial charge in [-0.1, -0.05) is 26.0 Å². The summed E-state index contributed by atoms with van der Waals surface area (Å²) in [5.74, 6) is -0.197. The van der Waals surface area contributed by atoms with Gasteiger partial charge in [0.15, 0.2) is 0 Å². The summed E-state index contributed by atoms with van der Waals surface area (Å²) >= 11 is 0. The van der Waals surface area contributed by atoms with Gasteiger partial charge in [-0.25, -0.2) is 0 Å². The van der Waals surface area contributed by atoms with Crippen molar-refractivity contribution in [2.75, 3.05) is 12.4 Å². The van der Waals surface area contributed by atoms with Crippen molar-refractivity contribution in [3.63, 3.8) is 0 Å². The molecule has 1 atom stereocenters. The fraction of sp³-hybridized carbons (Fsp3) is 0.318. The smallest absolute Gasteiger partial charge is 0.251 e. The highest BCUT2D eigenvalue weighted by molar-refractivity contribution is 5.97. The normalized spacial score (nSPS) is 11.5. The molecule has 1 unspecified atom stereocenters. The number of rotatable bonds is 8. The molecular formula is C22H27N3O4. The maximum atomic E-state index is 12.7. The van der Waals surface area contributed by atoms with Gasteiger partial charge in [0, 0.05) is 24.7 Å². The molecule has 0 saturated heterocycles. The van der Waals surface area contributed by atoms with Crippen LogP contribution in [0.4, 0.5) is 5.69 Å². The van der Waals surface area contributed by atoms with Gasteiger partial charge in [-0.15, -0.1) is 0 Å². The molecule has 2 aromatic rings. The Balaban J connectivity index is 2.00. The van der Waals surface area contributed by atoms with E-state index in [9.17, 15) is 14.4 Å². The zero-order valence-corrected chi connectivity index (χ0v) is 17.1. The molecule has 0 aliphatic carbocycles. The molecule has 0 radical (unpaired) electrons. The quantitative estimate of drug-likeness (QED) is 0.638. The van der Waals surface area contributed by atoms with Gasteiger partial charge in [0.1, 0.15) is 11.8 Å². The van der Waals surface area contributed by atoms with E-state index in [4.69, 9.17) is 4.74 Å². The SMILES string of the molecule is COc1ccc(C(=O)NC(C(=O)NCc2cccc(NC(C)=O)c2)C(C)C)cc1. The van der Waals surface area contributed by atoms with Crippen molar-refractivity contribution in [2.24, 2.45) is 5.92 Å². The number of nitrogens with one attached hydrogen (secondary N) is 3. The molecule has 3 N–H and O–H groups in total. The molecule has 0 aliphatic rings. The van der Waals surface area contributed by atoms with Gasteiger partial charge in [0.05, 0.1) is 7.11 Å². The lowest BCUT2D eigenvalue weighted by molar-refractivity contribution is -0.124. The lowest BCUT2D eigenvalue weighted by Gasteiger charge is -2.22. The number of carbonyl (C=O) groups excluding carboxylic acids is 3. The standard InChI is InChI=1S/C22H27N3O4/c1-14(2)20(25-21(27)17-8-10-19(29-4)11-9-17)22(28)23-13-16-6-5-7-18(12-16)24-15(3)26/h5-12,14,20H,13H2,1-4H3,(H,23,28)(H,24,26)(H,25,27). The summed E-state index contributed by atoms with van der Waals surface area (Å²) in [6.45, 7) is 5.47. The molecule has 0 bridgehead atoms. The highest BCUT2D eigenvalue weighted by Crippen LogP contribution is 2.13. The Kier molecular flexibility index (Phi) is 7.77. The average Bonchev–Trinajstić information content (AvgIpc) is 2.69.